The highest BCUT2D eigenvalue weighted by Crippen LogP contribution is 2.27. The topological polar surface area (TPSA) is 105 Å². The molecule has 1 saturated heterocycles. The summed E-state index contributed by atoms with van der Waals surface area (Å²) < 4.78 is 23.6. The number of ether oxygens (including phenoxy) is 4. The van der Waals surface area contributed by atoms with E-state index in [1.165, 1.54) is 0 Å². The predicted octanol–water partition coefficient (Wildman–Crippen LogP) is 1.82. The van der Waals surface area contributed by atoms with Crippen molar-refractivity contribution < 1.29 is 18.9 Å². The monoisotopic (exact) mass is 414 g/mol. The third-order valence-electron chi connectivity index (χ3n) is 4.90. The van der Waals surface area contributed by atoms with Gasteiger partial charge in [-0.15, -0.1) is 0 Å². The zero-order valence-corrected chi connectivity index (χ0v) is 17.3. The molecule has 1 atom stereocenters. The van der Waals surface area contributed by atoms with Crippen LogP contribution in [0.4, 0.5) is 11.8 Å². The van der Waals surface area contributed by atoms with Crippen molar-refractivity contribution in [2.75, 3.05) is 51.2 Å². The molecule has 30 heavy (non-hydrogen) atoms. The van der Waals surface area contributed by atoms with Crippen LogP contribution in [0, 0.1) is 0 Å². The number of aryl methyl sites for hydroxylation is 1. The minimum absolute atomic E-state index is 0.0259. The highest BCUT2D eigenvalue weighted by atomic mass is 16.6. The molecule has 0 unspecified atom stereocenters. The van der Waals surface area contributed by atoms with Gasteiger partial charge in [0.25, 0.3) is 0 Å². The van der Waals surface area contributed by atoms with E-state index < -0.39 is 0 Å². The van der Waals surface area contributed by atoms with Gasteiger partial charge in [0.05, 0.1) is 51.7 Å². The largest absolute Gasteiger partial charge is 0.497 e. The van der Waals surface area contributed by atoms with Crippen LogP contribution < -0.4 is 20.1 Å². The Labute approximate surface area is 174 Å². The van der Waals surface area contributed by atoms with E-state index in [2.05, 4.69) is 25.7 Å². The predicted molar refractivity (Wildman–Crippen MR) is 112 cm³/mol. The summed E-state index contributed by atoms with van der Waals surface area (Å²) in [6, 6.07) is 5.69. The second-order valence-corrected chi connectivity index (χ2v) is 6.88. The molecule has 0 saturated carbocycles. The molecule has 1 aliphatic rings. The SMILES string of the molecule is COc1ccc(OC)c(CNc2nc(NC[C@H]3COCCO3)nc3c2cnn3C)c1. The first-order valence-electron chi connectivity index (χ1n) is 9.75. The van der Waals surface area contributed by atoms with Gasteiger partial charge in [0.2, 0.25) is 5.95 Å². The summed E-state index contributed by atoms with van der Waals surface area (Å²) in [6.07, 6.45) is 1.73. The van der Waals surface area contributed by atoms with E-state index in [9.17, 15) is 0 Å². The molecule has 10 heteroatoms. The Hall–Kier alpha value is -3.11. The quantitative estimate of drug-likeness (QED) is 0.571. The second-order valence-electron chi connectivity index (χ2n) is 6.88. The normalized spacial score (nSPS) is 16.4. The van der Waals surface area contributed by atoms with Gasteiger partial charge in [0.1, 0.15) is 17.3 Å². The van der Waals surface area contributed by atoms with Crippen LogP contribution in [-0.4, -0.2) is 66.4 Å². The molecule has 3 heterocycles. The number of nitrogens with one attached hydrogen (secondary N) is 2. The third-order valence-corrected chi connectivity index (χ3v) is 4.90. The molecule has 0 amide bonds. The lowest BCUT2D eigenvalue weighted by Crippen LogP contribution is -2.34. The number of hydrogen-bond acceptors (Lipinski definition) is 9. The number of benzene rings is 1. The highest BCUT2D eigenvalue weighted by Gasteiger charge is 2.17. The minimum atomic E-state index is -0.0259. The summed E-state index contributed by atoms with van der Waals surface area (Å²) in [5, 5.41) is 11.8. The highest BCUT2D eigenvalue weighted by molar-refractivity contribution is 5.87. The standard InChI is InChI=1S/C20H26N6O4/c1-26-19-16(11-23-26)18(21-9-13-8-14(27-2)4-5-17(13)28-3)24-20(25-19)22-10-15-12-29-6-7-30-15/h4-5,8,11,15H,6-7,9-10,12H2,1-3H3,(H2,21,22,24,25)/t15-/m0/s1. The van der Waals surface area contributed by atoms with E-state index in [1.54, 1.807) is 25.1 Å². The summed E-state index contributed by atoms with van der Waals surface area (Å²) in [4.78, 5) is 9.25. The van der Waals surface area contributed by atoms with Crippen molar-refractivity contribution in [2.45, 2.75) is 12.6 Å². The average Bonchev–Trinajstić information content (AvgIpc) is 3.17. The average molecular weight is 414 g/mol. The Morgan fingerprint density at radius 3 is 2.83 bits per heavy atom. The van der Waals surface area contributed by atoms with Gasteiger partial charge in [-0.05, 0) is 18.2 Å². The van der Waals surface area contributed by atoms with Gasteiger partial charge in [-0.2, -0.15) is 15.1 Å². The third kappa shape index (κ3) is 4.39. The zero-order valence-electron chi connectivity index (χ0n) is 17.3. The Morgan fingerprint density at radius 1 is 1.17 bits per heavy atom. The van der Waals surface area contributed by atoms with Crippen LogP contribution in [0.3, 0.4) is 0 Å². The van der Waals surface area contributed by atoms with Gasteiger partial charge in [0.15, 0.2) is 5.65 Å². The summed E-state index contributed by atoms with van der Waals surface area (Å²) in [6.45, 7) is 2.85. The van der Waals surface area contributed by atoms with Crippen LogP contribution >= 0.6 is 0 Å². The van der Waals surface area contributed by atoms with Gasteiger partial charge in [-0.3, -0.25) is 4.68 Å². The fourth-order valence-corrected chi connectivity index (χ4v) is 3.29. The van der Waals surface area contributed by atoms with Crippen molar-refractivity contribution >= 4 is 22.8 Å². The van der Waals surface area contributed by atoms with Crippen LogP contribution in [-0.2, 0) is 23.1 Å². The Bertz CT molecular complexity index is 1000. The van der Waals surface area contributed by atoms with Crippen molar-refractivity contribution in [3.8, 4) is 11.5 Å². The summed E-state index contributed by atoms with van der Waals surface area (Å²) in [5.41, 5.74) is 1.68. The van der Waals surface area contributed by atoms with Gasteiger partial charge in [-0.1, -0.05) is 0 Å². The Morgan fingerprint density at radius 2 is 2.07 bits per heavy atom. The maximum Gasteiger partial charge on any atom is 0.226 e. The van der Waals surface area contributed by atoms with Crippen molar-refractivity contribution in [3.63, 3.8) is 0 Å². The van der Waals surface area contributed by atoms with E-state index in [1.807, 2.05) is 25.2 Å². The maximum atomic E-state index is 5.68. The molecule has 4 rings (SSSR count). The lowest BCUT2D eigenvalue weighted by atomic mass is 10.2. The molecule has 1 fully saturated rings. The van der Waals surface area contributed by atoms with E-state index >= 15 is 0 Å². The smallest absolute Gasteiger partial charge is 0.226 e. The molecule has 3 aromatic rings. The molecule has 1 aliphatic heterocycles. The van der Waals surface area contributed by atoms with Crippen LogP contribution in [0.15, 0.2) is 24.4 Å². The number of rotatable bonds is 8. The Kier molecular flexibility index (Phi) is 6.15. The van der Waals surface area contributed by atoms with E-state index in [0.29, 0.717) is 44.7 Å². The molecule has 2 aromatic heterocycles. The van der Waals surface area contributed by atoms with Gasteiger partial charge in [-0.25, -0.2) is 0 Å². The first kappa shape index (κ1) is 20.2. The number of fused-ring (bicyclic) bond motifs is 1. The van der Waals surface area contributed by atoms with E-state index in [0.717, 1.165) is 28.1 Å². The molecule has 160 valence electrons. The lowest BCUT2D eigenvalue weighted by molar-refractivity contribution is -0.0819. The van der Waals surface area contributed by atoms with Crippen LogP contribution in [0.2, 0.25) is 0 Å². The molecular weight excluding hydrogens is 388 g/mol. The number of nitrogens with zero attached hydrogens (tertiary/aromatic N) is 4. The fourth-order valence-electron chi connectivity index (χ4n) is 3.29. The van der Waals surface area contributed by atoms with Crippen LogP contribution in [0.1, 0.15) is 5.56 Å². The van der Waals surface area contributed by atoms with Gasteiger partial charge >= 0.3 is 0 Å². The van der Waals surface area contributed by atoms with Gasteiger partial charge in [0, 0.05) is 25.7 Å². The molecule has 2 N–H and O–H groups in total. The van der Waals surface area contributed by atoms with E-state index in [-0.39, 0.29) is 6.10 Å². The second kappa shape index (κ2) is 9.14. The number of anilines is 2. The van der Waals surface area contributed by atoms with Crippen molar-refractivity contribution in [3.05, 3.63) is 30.0 Å². The molecule has 0 radical (unpaired) electrons. The molecular formula is C20H26N6O4. The molecule has 0 bridgehead atoms. The van der Waals surface area contributed by atoms with Crippen molar-refractivity contribution in [2.24, 2.45) is 7.05 Å². The molecule has 1 aromatic carbocycles. The van der Waals surface area contributed by atoms with Crippen molar-refractivity contribution in [1.82, 2.24) is 19.7 Å². The molecule has 0 spiro atoms. The van der Waals surface area contributed by atoms with Crippen LogP contribution in [0.5, 0.6) is 11.5 Å². The van der Waals surface area contributed by atoms with Crippen LogP contribution in [0.25, 0.3) is 11.0 Å². The number of hydrogen-bond donors (Lipinski definition) is 2. The first-order valence-corrected chi connectivity index (χ1v) is 9.75. The Balaban J connectivity index is 1.55. The summed E-state index contributed by atoms with van der Waals surface area (Å²) in [7, 11) is 5.14. The summed E-state index contributed by atoms with van der Waals surface area (Å²) in [5.74, 6) is 2.72. The zero-order chi connectivity index (χ0) is 20.9. The summed E-state index contributed by atoms with van der Waals surface area (Å²) >= 11 is 0. The lowest BCUT2D eigenvalue weighted by Gasteiger charge is -2.23. The first-order chi connectivity index (χ1) is 14.7. The number of aromatic nitrogens is 4. The van der Waals surface area contributed by atoms with Gasteiger partial charge < -0.3 is 29.6 Å². The number of methoxy groups -OCH3 is 2. The van der Waals surface area contributed by atoms with E-state index in [4.69, 9.17) is 18.9 Å². The maximum absolute atomic E-state index is 5.68. The fraction of sp³-hybridized carbons (Fsp3) is 0.450. The van der Waals surface area contributed by atoms with Crippen molar-refractivity contribution in [1.29, 1.82) is 0 Å². The molecule has 0 aliphatic carbocycles. The molecule has 10 nitrogen and oxygen atoms in total. The minimum Gasteiger partial charge on any atom is -0.497 e.